The van der Waals surface area contributed by atoms with Crippen LogP contribution in [0.3, 0.4) is 0 Å². The van der Waals surface area contributed by atoms with Gasteiger partial charge in [0.15, 0.2) is 6.54 Å². The summed E-state index contributed by atoms with van der Waals surface area (Å²) in [6.07, 6.45) is 6.75. The number of likely N-dealkylation sites (N-methyl/N-ethyl adjacent to an activating group) is 1. The number of hydrogen-bond acceptors (Lipinski definition) is 1. The van der Waals surface area contributed by atoms with E-state index in [9.17, 15) is 4.79 Å². The highest BCUT2D eigenvalue weighted by atomic mass is 35.5. The van der Waals surface area contributed by atoms with Crippen LogP contribution in [0.1, 0.15) is 32.1 Å². The van der Waals surface area contributed by atoms with Crippen molar-refractivity contribution in [1.82, 2.24) is 0 Å². The number of benzene rings is 1. The van der Waals surface area contributed by atoms with Gasteiger partial charge in [-0.25, -0.2) is 0 Å². The number of halogens is 1. The minimum atomic E-state index is 0.0700. The third-order valence-corrected chi connectivity index (χ3v) is 4.20. The van der Waals surface area contributed by atoms with Gasteiger partial charge in [0.1, 0.15) is 0 Å². The topological polar surface area (TPSA) is 33.5 Å². The molecule has 1 unspecified atom stereocenters. The van der Waals surface area contributed by atoms with Gasteiger partial charge in [-0.05, 0) is 37.1 Å². The van der Waals surface area contributed by atoms with Crippen molar-refractivity contribution in [3.05, 3.63) is 29.3 Å². The van der Waals surface area contributed by atoms with E-state index in [0.717, 1.165) is 18.2 Å². The number of rotatable bonds is 5. The van der Waals surface area contributed by atoms with Gasteiger partial charge in [-0.15, -0.1) is 0 Å². The molecule has 1 aromatic carbocycles. The zero-order valence-electron chi connectivity index (χ0n) is 12.1. The molecule has 0 bridgehead atoms. The fraction of sp³-hybridized carbons (Fsp3) is 0.562. The number of carbonyl (C=O) groups excluding carboxylic acids is 1. The first-order valence-electron chi connectivity index (χ1n) is 7.50. The second-order valence-corrected chi connectivity index (χ2v) is 6.33. The lowest BCUT2D eigenvalue weighted by Gasteiger charge is -2.24. The summed E-state index contributed by atoms with van der Waals surface area (Å²) >= 11 is 5.82. The van der Waals surface area contributed by atoms with E-state index in [4.69, 9.17) is 11.6 Å². The van der Waals surface area contributed by atoms with E-state index in [-0.39, 0.29) is 5.91 Å². The molecule has 2 N–H and O–H groups in total. The summed E-state index contributed by atoms with van der Waals surface area (Å²) in [7, 11) is 2.11. The maximum atomic E-state index is 12.0. The van der Waals surface area contributed by atoms with Crippen LogP contribution in [0.15, 0.2) is 24.3 Å². The van der Waals surface area contributed by atoms with Gasteiger partial charge >= 0.3 is 0 Å². The van der Waals surface area contributed by atoms with Crippen LogP contribution in [0, 0.1) is 5.92 Å². The molecule has 2 rings (SSSR count). The molecule has 3 nitrogen and oxygen atoms in total. The quantitative estimate of drug-likeness (QED) is 0.859. The van der Waals surface area contributed by atoms with Gasteiger partial charge in [-0.3, -0.25) is 4.79 Å². The Morgan fingerprint density at radius 1 is 1.25 bits per heavy atom. The van der Waals surface area contributed by atoms with Crippen LogP contribution in [0.25, 0.3) is 0 Å². The Hall–Kier alpha value is -1.06. The zero-order chi connectivity index (χ0) is 14.4. The van der Waals surface area contributed by atoms with Gasteiger partial charge < -0.3 is 10.2 Å². The highest BCUT2D eigenvalue weighted by Crippen LogP contribution is 2.22. The van der Waals surface area contributed by atoms with Gasteiger partial charge in [0.2, 0.25) is 0 Å². The molecule has 0 spiro atoms. The molecule has 110 valence electrons. The summed E-state index contributed by atoms with van der Waals surface area (Å²) in [4.78, 5) is 13.3. The second-order valence-electron chi connectivity index (χ2n) is 5.90. The summed E-state index contributed by atoms with van der Waals surface area (Å²) in [5.74, 6) is 0.868. The van der Waals surface area contributed by atoms with Crippen LogP contribution >= 0.6 is 11.6 Å². The Kier molecular flexibility index (Phi) is 5.86. The average molecular weight is 296 g/mol. The maximum Gasteiger partial charge on any atom is 0.279 e. The number of amides is 1. The lowest BCUT2D eigenvalue weighted by molar-refractivity contribution is -0.874. The largest absolute Gasteiger partial charge is 0.329 e. The molecule has 0 radical (unpaired) electrons. The molecule has 1 aromatic rings. The van der Waals surface area contributed by atoms with E-state index in [2.05, 4.69) is 12.4 Å². The third kappa shape index (κ3) is 5.14. The van der Waals surface area contributed by atoms with Crippen molar-refractivity contribution in [3.63, 3.8) is 0 Å². The van der Waals surface area contributed by atoms with E-state index in [0.29, 0.717) is 11.6 Å². The van der Waals surface area contributed by atoms with Crippen molar-refractivity contribution in [2.45, 2.75) is 32.1 Å². The first-order chi connectivity index (χ1) is 9.63. The van der Waals surface area contributed by atoms with Crippen molar-refractivity contribution < 1.29 is 9.69 Å². The van der Waals surface area contributed by atoms with Crippen LogP contribution in [-0.4, -0.2) is 26.0 Å². The first-order valence-corrected chi connectivity index (χ1v) is 7.88. The van der Waals surface area contributed by atoms with Crippen LogP contribution in [-0.2, 0) is 4.79 Å². The standard InChI is InChI=1S/C16H23ClN2O/c1-19(11-13-5-3-2-4-6-13)12-16(20)18-15-9-7-14(17)8-10-15/h7-10,13H,2-6,11-12H2,1H3,(H,18,20)/p+1. The summed E-state index contributed by atoms with van der Waals surface area (Å²) in [6.45, 7) is 1.63. The summed E-state index contributed by atoms with van der Waals surface area (Å²) in [6, 6.07) is 7.24. The van der Waals surface area contributed by atoms with Gasteiger partial charge in [0.25, 0.3) is 5.91 Å². The van der Waals surface area contributed by atoms with Crippen LogP contribution in [0.4, 0.5) is 5.69 Å². The smallest absolute Gasteiger partial charge is 0.279 e. The molecule has 1 aliphatic carbocycles. The van der Waals surface area contributed by atoms with Crippen molar-refractivity contribution >= 4 is 23.2 Å². The minimum absolute atomic E-state index is 0.0700. The highest BCUT2D eigenvalue weighted by molar-refractivity contribution is 6.30. The molecule has 4 heteroatoms. The first kappa shape index (κ1) is 15.3. The van der Waals surface area contributed by atoms with Crippen molar-refractivity contribution in [2.75, 3.05) is 25.5 Å². The monoisotopic (exact) mass is 295 g/mol. The molecule has 1 fully saturated rings. The second kappa shape index (κ2) is 7.65. The number of nitrogens with one attached hydrogen (secondary N) is 2. The Bertz CT molecular complexity index is 427. The maximum absolute atomic E-state index is 12.0. The van der Waals surface area contributed by atoms with Crippen molar-refractivity contribution in [3.8, 4) is 0 Å². The predicted octanol–water partition coefficient (Wildman–Crippen LogP) is 2.37. The van der Waals surface area contributed by atoms with Crippen LogP contribution in [0.5, 0.6) is 0 Å². The molecule has 0 aliphatic heterocycles. The fourth-order valence-corrected chi connectivity index (χ4v) is 3.09. The SMILES string of the molecule is C[NH+](CC(=O)Nc1ccc(Cl)cc1)CC1CCCCC1. The fourth-order valence-electron chi connectivity index (χ4n) is 2.97. The van der Waals surface area contributed by atoms with E-state index in [1.807, 2.05) is 12.1 Å². The van der Waals surface area contributed by atoms with Crippen molar-refractivity contribution in [1.29, 1.82) is 0 Å². The highest BCUT2D eigenvalue weighted by Gasteiger charge is 2.19. The van der Waals surface area contributed by atoms with E-state index < -0.39 is 0 Å². The lowest BCUT2D eigenvalue weighted by atomic mass is 9.89. The van der Waals surface area contributed by atoms with E-state index >= 15 is 0 Å². The van der Waals surface area contributed by atoms with E-state index in [1.54, 1.807) is 12.1 Å². The number of carbonyl (C=O) groups is 1. The van der Waals surface area contributed by atoms with Gasteiger partial charge in [-0.2, -0.15) is 0 Å². The third-order valence-electron chi connectivity index (χ3n) is 3.95. The summed E-state index contributed by atoms with van der Waals surface area (Å²) in [5.41, 5.74) is 0.810. The van der Waals surface area contributed by atoms with E-state index in [1.165, 1.54) is 37.0 Å². The average Bonchev–Trinajstić information content (AvgIpc) is 2.42. The molecule has 1 atom stereocenters. The predicted molar refractivity (Wildman–Crippen MR) is 83.3 cm³/mol. The number of anilines is 1. The van der Waals surface area contributed by atoms with Crippen LogP contribution < -0.4 is 10.2 Å². The molecular weight excluding hydrogens is 272 g/mol. The normalized spacial score (nSPS) is 17.7. The lowest BCUT2D eigenvalue weighted by Crippen LogP contribution is -3.10. The van der Waals surface area contributed by atoms with Crippen molar-refractivity contribution in [2.24, 2.45) is 5.92 Å². The van der Waals surface area contributed by atoms with Gasteiger partial charge in [-0.1, -0.05) is 30.9 Å². The molecule has 0 aromatic heterocycles. The molecule has 0 heterocycles. The zero-order valence-corrected chi connectivity index (χ0v) is 12.9. The molecule has 1 amide bonds. The Morgan fingerprint density at radius 3 is 2.55 bits per heavy atom. The molecule has 20 heavy (non-hydrogen) atoms. The summed E-state index contributed by atoms with van der Waals surface area (Å²) < 4.78 is 0. The minimum Gasteiger partial charge on any atom is -0.329 e. The number of quaternary nitrogens is 1. The van der Waals surface area contributed by atoms with Crippen LogP contribution in [0.2, 0.25) is 5.02 Å². The van der Waals surface area contributed by atoms with Gasteiger partial charge in [0, 0.05) is 16.6 Å². The summed E-state index contributed by atoms with van der Waals surface area (Å²) in [5, 5.41) is 3.60. The molecular formula is C16H24ClN2O+. The van der Waals surface area contributed by atoms with Gasteiger partial charge in [0.05, 0.1) is 13.6 Å². The molecule has 1 aliphatic rings. The Labute approximate surface area is 126 Å². The molecule has 1 saturated carbocycles. The number of hydrogen-bond donors (Lipinski definition) is 2. The Morgan fingerprint density at radius 2 is 1.90 bits per heavy atom. The molecule has 0 saturated heterocycles. The Balaban J connectivity index is 1.74.